The average Bonchev–Trinajstić information content (AvgIpc) is 3.10. The Morgan fingerprint density at radius 3 is 2.79 bits per heavy atom. The van der Waals surface area contributed by atoms with Crippen molar-refractivity contribution >= 4 is 29.0 Å². The molecule has 24 heavy (non-hydrogen) atoms. The standard InChI is InChI=1S/C17H21N3O3S/c1-2-23-17(22)12-10-19-20(15(12)18)16(21)14-9-11-7-5-3-4-6-8-13(11)24-14/h9-10H,2-8,18H2,1H3. The summed E-state index contributed by atoms with van der Waals surface area (Å²) in [6.45, 7) is 1.96. The molecule has 0 spiro atoms. The molecule has 0 fully saturated rings. The van der Waals surface area contributed by atoms with Crippen LogP contribution in [-0.2, 0) is 17.6 Å². The lowest BCUT2D eigenvalue weighted by Crippen LogP contribution is -2.16. The summed E-state index contributed by atoms with van der Waals surface area (Å²) >= 11 is 1.52. The molecule has 2 N–H and O–H groups in total. The maximum absolute atomic E-state index is 12.7. The molecule has 3 rings (SSSR count). The Bertz CT molecular complexity index is 738. The maximum Gasteiger partial charge on any atom is 0.343 e. The van der Waals surface area contributed by atoms with Gasteiger partial charge in [0.2, 0.25) is 0 Å². The van der Waals surface area contributed by atoms with Crippen molar-refractivity contribution in [1.29, 1.82) is 0 Å². The highest BCUT2D eigenvalue weighted by Crippen LogP contribution is 2.29. The van der Waals surface area contributed by atoms with Crippen LogP contribution in [0.4, 0.5) is 5.82 Å². The predicted molar refractivity (Wildman–Crippen MR) is 92.5 cm³/mol. The SMILES string of the molecule is CCOC(=O)c1cnn(C(=O)c2cc3c(s2)CCCCCC3)c1N. The van der Waals surface area contributed by atoms with Crippen LogP contribution in [0, 0.1) is 0 Å². The fourth-order valence-electron chi connectivity index (χ4n) is 2.94. The zero-order valence-electron chi connectivity index (χ0n) is 13.7. The van der Waals surface area contributed by atoms with E-state index in [1.807, 2.05) is 6.07 Å². The van der Waals surface area contributed by atoms with Gasteiger partial charge in [-0.05, 0) is 44.2 Å². The number of aromatic nitrogens is 2. The van der Waals surface area contributed by atoms with E-state index in [-0.39, 0.29) is 23.9 Å². The topological polar surface area (TPSA) is 87.2 Å². The van der Waals surface area contributed by atoms with Crippen LogP contribution in [0.1, 0.15) is 63.1 Å². The molecule has 2 aromatic rings. The van der Waals surface area contributed by atoms with Crippen LogP contribution in [0.25, 0.3) is 0 Å². The number of fused-ring (bicyclic) bond motifs is 1. The van der Waals surface area contributed by atoms with Crippen LogP contribution in [0.3, 0.4) is 0 Å². The normalized spacial score (nSPS) is 14.5. The van der Waals surface area contributed by atoms with Gasteiger partial charge in [0, 0.05) is 4.88 Å². The molecule has 0 atom stereocenters. The van der Waals surface area contributed by atoms with E-state index in [1.54, 1.807) is 6.92 Å². The summed E-state index contributed by atoms with van der Waals surface area (Å²) in [6, 6.07) is 1.96. The van der Waals surface area contributed by atoms with E-state index in [0.29, 0.717) is 4.88 Å². The van der Waals surface area contributed by atoms with Crippen molar-refractivity contribution in [2.75, 3.05) is 12.3 Å². The summed E-state index contributed by atoms with van der Waals surface area (Å²) in [5.41, 5.74) is 7.32. The van der Waals surface area contributed by atoms with Crippen molar-refractivity contribution in [2.24, 2.45) is 0 Å². The van der Waals surface area contributed by atoms with Crippen LogP contribution < -0.4 is 5.73 Å². The minimum absolute atomic E-state index is 0.0271. The first kappa shape index (κ1) is 16.7. The lowest BCUT2D eigenvalue weighted by molar-refractivity contribution is 0.0527. The van der Waals surface area contributed by atoms with Crippen LogP contribution in [0.2, 0.25) is 0 Å². The summed E-state index contributed by atoms with van der Waals surface area (Å²) in [6.07, 6.45) is 8.14. The smallest absolute Gasteiger partial charge is 0.343 e. The number of nitrogens with two attached hydrogens (primary N) is 1. The van der Waals surface area contributed by atoms with Gasteiger partial charge in [0.25, 0.3) is 5.91 Å². The Morgan fingerprint density at radius 2 is 2.04 bits per heavy atom. The van der Waals surface area contributed by atoms with Gasteiger partial charge in [-0.2, -0.15) is 9.78 Å². The molecule has 0 unspecified atom stereocenters. The zero-order valence-corrected chi connectivity index (χ0v) is 14.5. The summed E-state index contributed by atoms with van der Waals surface area (Å²) in [7, 11) is 0. The Labute approximate surface area is 144 Å². The Morgan fingerprint density at radius 1 is 1.29 bits per heavy atom. The summed E-state index contributed by atoms with van der Waals surface area (Å²) in [5, 5.41) is 3.99. The second-order valence-corrected chi connectivity index (χ2v) is 6.99. The predicted octanol–water partition coefficient (Wildman–Crippen LogP) is 3.05. The molecule has 7 heteroatoms. The number of carbonyl (C=O) groups is 2. The van der Waals surface area contributed by atoms with Gasteiger partial charge < -0.3 is 10.5 Å². The van der Waals surface area contributed by atoms with Crippen molar-refractivity contribution in [3.05, 3.63) is 33.1 Å². The van der Waals surface area contributed by atoms with Gasteiger partial charge in [0.1, 0.15) is 11.4 Å². The number of nitrogen functional groups attached to an aromatic ring is 1. The van der Waals surface area contributed by atoms with Crippen molar-refractivity contribution in [1.82, 2.24) is 9.78 Å². The van der Waals surface area contributed by atoms with Crippen LogP contribution in [0.15, 0.2) is 12.3 Å². The Kier molecular flexibility index (Phi) is 4.99. The number of ether oxygens (including phenoxy) is 1. The molecule has 2 heterocycles. The van der Waals surface area contributed by atoms with Crippen LogP contribution in [-0.4, -0.2) is 28.3 Å². The van der Waals surface area contributed by atoms with E-state index in [1.165, 1.54) is 40.8 Å². The molecular formula is C17H21N3O3S. The van der Waals surface area contributed by atoms with E-state index < -0.39 is 5.97 Å². The molecule has 0 radical (unpaired) electrons. The second kappa shape index (κ2) is 7.17. The van der Waals surface area contributed by atoms with E-state index in [2.05, 4.69) is 5.10 Å². The number of anilines is 1. The highest BCUT2D eigenvalue weighted by molar-refractivity contribution is 7.14. The molecule has 6 nitrogen and oxygen atoms in total. The molecule has 1 aliphatic carbocycles. The molecule has 0 saturated heterocycles. The fraction of sp³-hybridized carbons (Fsp3) is 0.471. The Hall–Kier alpha value is -2.15. The minimum Gasteiger partial charge on any atom is -0.462 e. The molecule has 128 valence electrons. The van der Waals surface area contributed by atoms with Crippen molar-refractivity contribution < 1.29 is 14.3 Å². The van der Waals surface area contributed by atoms with Gasteiger partial charge in [-0.15, -0.1) is 11.3 Å². The first-order valence-electron chi connectivity index (χ1n) is 8.28. The molecule has 2 aromatic heterocycles. The largest absolute Gasteiger partial charge is 0.462 e. The Balaban J connectivity index is 1.87. The first-order valence-corrected chi connectivity index (χ1v) is 9.10. The molecule has 0 aliphatic heterocycles. The number of aryl methyl sites for hydroxylation is 2. The van der Waals surface area contributed by atoms with Gasteiger partial charge in [-0.3, -0.25) is 4.79 Å². The number of hydrogen-bond acceptors (Lipinski definition) is 6. The molecule has 0 bridgehead atoms. The summed E-state index contributed by atoms with van der Waals surface area (Å²) in [4.78, 5) is 26.4. The van der Waals surface area contributed by atoms with Crippen molar-refractivity contribution in [2.45, 2.75) is 45.4 Å². The van der Waals surface area contributed by atoms with E-state index in [0.717, 1.165) is 30.4 Å². The second-order valence-electron chi connectivity index (χ2n) is 5.85. The van der Waals surface area contributed by atoms with Crippen LogP contribution in [0.5, 0.6) is 0 Å². The van der Waals surface area contributed by atoms with Gasteiger partial charge in [-0.25, -0.2) is 4.79 Å². The third-order valence-electron chi connectivity index (χ3n) is 4.20. The van der Waals surface area contributed by atoms with Gasteiger partial charge >= 0.3 is 5.97 Å². The quantitative estimate of drug-likeness (QED) is 0.862. The van der Waals surface area contributed by atoms with Crippen LogP contribution >= 0.6 is 11.3 Å². The van der Waals surface area contributed by atoms with E-state index >= 15 is 0 Å². The van der Waals surface area contributed by atoms with Gasteiger partial charge in [-0.1, -0.05) is 12.8 Å². The first-order chi connectivity index (χ1) is 11.6. The lowest BCUT2D eigenvalue weighted by Gasteiger charge is -2.07. The van der Waals surface area contributed by atoms with Gasteiger partial charge in [0.15, 0.2) is 0 Å². The van der Waals surface area contributed by atoms with E-state index in [4.69, 9.17) is 10.5 Å². The summed E-state index contributed by atoms with van der Waals surface area (Å²) in [5.74, 6) is -0.827. The lowest BCUT2D eigenvalue weighted by atomic mass is 10.00. The third kappa shape index (κ3) is 3.21. The number of carbonyl (C=O) groups excluding carboxylic acids is 2. The molecule has 0 amide bonds. The highest BCUT2D eigenvalue weighted by atomic mass is 32.1. The number of nitrogens with zero attached hydrogens (tertiary/aromatic N) is 2. The molecule has 0 aromatic carbocycles. The molecule has 1 aliphatic rings. The number of esters is 1. The average molecular weight is 347 g/mol. The molecule has 0 saturated carbocycles. The van der Waals surface area contributed by atoms with E-state index in [9.17, 15) is 9.59 Å². The zero-order chi connectivity index (χ0) is 17.1. The minimum atomic E-state index is -0.563. The monoisotopic (exact) mass is 347 g/mol. The molecular weight excluding hydrogens is 326 g/mol. The number of hydrogen-bond donors (Lipinski definition) is 1. The maximum atomic E-state index is 12.7. The highest BCUT2D eigenvalue weighted by Gasteiger charge is 2.23. The number of thiophene rings is 1. The van der Waals surface area contributed by atoms with Crippen molar-refractivity contribution in [3.8, 4) is 0 Å². The van der Waals surface area contributed by atoms with Gasteiger partial charge in [0.05, 0.1) is 17.7 Å². The number of rotatable bonds is 3. The summed E-state index contributed by atoms with van der Waals surface area (Å²) < 4.78 is 6.01. The van der Waals surface area contributed by atoms with Crippen molar-refractivity contribution in [3.63, 3.8) is 0 Å². The fourth-order valence-corrected chi connectivity index (χ4v) is 4.12. The third-order valence-corrected chi connectivity index (χ3v) is 5.43.